The minimum Gasteiger partial charge on any atom is -0.504 e. The predicted octanol–water partition coefficient (Wildman–Crippen LogP) is 4.12. The second-order valence-electron chi connectivity index (χ2n) is 5.67. The lowest BCUT2D eigenvalue weighted by atomic mass is 10.2. The van der Waals surface area contributed by atoms with Crippen molar-refractivity contribution < 1.29 is 14.6 Å². The maximum Gasteiger partial charge on any atom is 0.312 e. The fourth-order valence-corrected chi connectivity index (χ4v) is 2.56. The van der Waals surface area contributed by atoms with Gasteiger partial charge in [-0.25, -0.2) is 4.98 Å². The number of esters is 1. The van der Waals surface area contributed by atoms with Crippen molar-refractivity contribution >= 4 is 23.1 Å². The van der Waals surface area contributed by atoms with Crippen molar-refractivity contribution in [3.63, 3.8) is 0 Å². The van der Waals surface area contributed by atoms with Gasteiger partial charge in [0.25, 0.3) is 0 Å². The molecule has 0 amide bonds. The third-order valence-electron chi connectivity index (χ3n) is 3.90. The fraction of sp³-hybridized carbons (Fsp3) is 0.263. The molecule has 3 aromatic rings. The number of azo groups is 1. The van der Waals surface area contributed by atoms with E-state index in [-0.39, 0.29) is 18.8 Å². The Kier molecular flexibility index (Phi) is 5.26. The van der Waals surface area contributed by atoms with Gasteiger partial charge < -0.3 is 9.84 Å². The molecule has 1 aromatic carbocycles. The van der Waals surface area contributed by atoms with Crippen LogP contribution in [0.3, 0.4) is 0 Å². The topological polar surface area (TPSA) is 88.5 Å². The molecule has 1 N–H and O–H groups in total. The van der Waals surface area contributed by atoms with E-state index in [0.717, 1.165) is 6.42 Å². The van der Waals surface area contributed by atoms with Crippen LogP contribution in [-0.4, -0.2) is 27.1 Å². The molecule has 0 unspecified atom stereocenters. The molecule has 2 aromatic heterocycles. The van der Waals surface area contributed by atoms with Crippen molar-refractivity contribution in [2.45, 2.75) is 26.7 Å². The summed E-state index contributed by atoms with van der Waals surface area (Å²) in [5.41, 5.74) is 2.63. The number of nitrogens with zero attached hydrogens (tertiary/aromatic N) is 4. The first-order valence-electron chi connectivity index (χ1n) is 8.47. The number of fused-ring (bicyclic) bond motifs is 1. The smallest absolute Gasteiger partial charge is 0.312 e. The molecule has 0 atom stereocenters. The fourth-order valence-electron chi connectivity index (χ4n) is 2.56. The van der Waals surface area contributed by atoms with E-state index in [9.17, 15) is 9.90 Å². The summed E-state index contributed by atoms with van der Waals surface area (Å²) in [5.74, 6) is -0.00553. The first kappa shape index (κ1) is 17.6. The highest BCUT2D eigenvalue weighted by molar-refractivity contribution is 5.75. The number of carbonyl (C=O) groups excluding carboxylic acids is 1. The van der Waals surface area contributed by atoms with E-state index in [1.807, 2.05) is 24.3 Å². The van der Waals surface area contributed by atoms with Gasteiger partial charge >= 0.3 is 5.97 Å². The van der Waals surface area contributed by atoms with E-state index in [1.54, 1.807) is 23.6 Å². The Balaban J connectivity index is 1.99. The number of pyridine rings is 1. The van der Waals surface area contributed by atoms with E-state index in [0.29, 0.717) is 22.8 Å². The molecule has 3 rings (SSSR count). The second kappa shape index (κ2) is 7.77. The zero-order valence-electron chi connectivity index (χ0n) is 14.7. The average molecular weight is 352 g/mol. The number of benzene rings is 1. The van der Waals surface area contributed by atoms with Crippen molar-refractivity contribution in [3.8, 4) is 5.75 Å². The van der Waals surface area contributed by atoms with Crippen molar-refractivity contribution in [1.82, 2.24) is 9.38 Å². The minimum absolute atomic E-state index is 0.00589. The van der Waals surface area contributed by atoms with Crippen LogP contribution in [0, 0.1) is 0 Å². The second-order valence-corrected chi connectivity index (χ2v) is 5.67. The van der Waals surface area contributed by atoms with Crippen molar-refractivity contribution in [1.29, 1.82) is 0 Å². The molecule has 0 saturated carbocycles. The Hall–Kier alpha value is -3.22. The summed E-state index contributed by atoms with van der Waals surface area (Å²) in [6.07, 6.45) is 2.62. The first-order valence-corrected chi connectivity index (χ1v) is 8.47. The third-order valence-corrected chi connectivity index (χ3v) is 3.90. The van der Waals surface area contributed by atoms with Gasteiger partial charge in [-0.3, -0.25) is 9.20 Å². The van der Waals surface area contributed by atoms with Crippen LogP contribution in [0.15, 0.2) is 52.8 Å². The molecule has 0 aliphatic carbocycles. The van der Waals surface area contributed by atoms with Crippen molar-refractivity contribution in [3.05, 3.63) is 53.9 Å². The third kappa shape index (κ3) is 3.72. The predicted molar refractivity (Wildman–Crippen MR) is 97.2 cm³/mol. The molecule has 134 valence electrons. The molecular formula is C19H20N4O3. The molecule has 0 saturated heterocycles. The molecule has 0 aliphatic rings. The highest BCUT2D eigenvalue weighted by Gasteiger charge is 2.18. The standard InChI is InChI=1S/C19H20N4O3/c1-3-13-7-9-14(10-8-13)21-22-18-15(12-17(25)26-4-2)20-19-16(24)6-5-11-23(18)19/h5-11,24H,3-4,12H2,1-2H3. The molecular weight excluding hydrogens is 332 g/mol. The number of aryl methyl sites for hydroxylation is 1. The Morgan fingerprint density at radius 1 is 1.19 bits per heavy atom. The molecule has 0 fully saturated rings. The Labute approximate surface area is 151 Å². The number of aromatic hydroxyl groups is 1. The van der Waals surface area contributed by atoms with Crippen LogP contribution >= 0.6 is 0 Å². The van der Waals surface area contributed by atoms with E-state index < -0.39 is 5.97 Å². The molecule has 7 heteroatoms. The van der Waals surface area contributed by atoms with Crippen LogP contribution in [0.25, 0.3) is 5.65 Å². The quantitative estimate of drug-likeness (QED) is 0.534. The number of aromatic nitrogens is 2. The number of rotatable bonds is 6. The normalized spacial score (nSPS) is 11.3. The van der Waals surface area contributed by atoms with Crippen LogP contribution < -0.4 is 0 Å². The average Bonchev–Trinajstić information content (AvgIpc) is 2.99. The van der Waals surface area contributed by atoms with Crippen LogP contribution in [0.4, 0.5) is 11.5 Å². The zero-order valence-corrected chi connectivity index (χ0v) is 14.7. The van der Waals surface area contributed by atoms with Crippen LogP contribution in [0.1, 0.15) is 25.1 Å². The summed E-state index contributed by atoms with van der Waals surface area (Å²) >= 11 is 0. The maximum absolute atomic E-state index is 11.9. The monoisotopic (exact) mass is 352 g/mol. The first-order chi connectivity index (χ1) is 12.6. The van der Waals surface area contributed by atoms with Crippen LogP contribution in [-0.2, 0) is 22.4 Å². The van der Waals surface area contributed by atoms with E-state index >= 15 is 0 Å². The maximum atomic E-state index is 11.9. The summed E-state index contributed by atoms with van der Waals surface area (Å²) in [6, 6.07) is 11.0. The molecule has 26 heavy (non-hydrogen) atoms. The van der Waals surface area contributed by atoms with Gasteiger partial charge in [0.1, 0.15) is 0 Å². The summed E-state index contributed by atoms with van der Waals surface area (Å²) < 4.78 is 6.60. The molecule has 0 bridgehead atoms. The van der Waals surface area contributed by atoms with E-state index in [2.05, 4.69) is 22.1 Å². The number of carbonyl (C=O) groups is 1. The summed E-state index contributed by atoms with van der Waals surface area (Å²) in [7, 11) is 0. The number of hydrogen-bond donors (Lipinski definition) is 1. The largest absolute Gasteiger partial charge is 0.504 e. The Morgan fingerprint density at radius 3 is 2.65 bits per heavy atom. The molecule has 0 spiro atoms. The minimum atomic E-state index is -0.404. The number of ether oxygens (including phenoxy) is 1. The Bertz CT molecular complexity index is 945. The van der Waals surface area contributed by atoms with Gasteiger partial charge in [-0.05, 0) is 43.2 Å². The SMILES string of the molecule is CCOC(=O)Cc1nc2c(O)cccn2c1N=Nc1ccc(CC)cc1. The summed E-state index contributed by atoms with van der Waals surface area (Å²) in [6.45, 7) is 4.12. The molecule has 7 nitrogen and oxygen atoms in total. The van der Waals surface area contributed by atoms with Gasteiger partial charge in [0.15, 0.2) is 17.2 Å². The van der Waals surface area contributed by atoms with Gasteiger partial charge in [-0.2, -0.15) is 0 Å². The van der Waals surface area contributed by atoms with Gasteiger partial charge in [0.05, 0.1) is 24.4 Å². The highest BCUT2D eigenvalue weighted by Crippen LogP contribution is 2.28. The highest BCUT2D eigenvalue weighted by atomic mass is 16.5. The van der Waals surface area contributed by atoms with Gasteiger partial charge in [-0.1, -0.05) is 19.1 Å². The Morgan fingerprint density at radius 2 is 1.96 bits per heavy atom. The van der Waals surface area contributed by atoms with Crippen LogP contribution in [0.5, 0.6) is 5.75 Å². The number of imidazole rings is 1. The lowest BCUT2D eigenvalue weighted by Gasteiger charge is -2.01. The van der Waals surface area contributed by atoms with Gasteiger partial charge in [0.2, 0.25) is 0 Å². The molecule has 2 heterocycles. The van der Waals surface area contributed by atoms with Crippen molar-refractivity contribution in [2.75, 3.05) is 6.61 Å². The summed E-state index contributed by atoms with van der Waals surface area (Å²) in [4.78, 5) is 16.2. The van der Waals surface area contributed by atoms with Gasteiger partial charge in [-0.15, -0.1) is 10.2 Å². The lowest BCUT2D eigenvalue weighted by Crippen LogP contribution is -2.07. The van der Waals surface area contributed by atoms with E-state index in [4.69, 9.17) is 4.74 Å². The zero-order chi connectivity index (χ0) is 18.5. The molecule has 0 radical (unpaired) electrons. The van der Waals surface area contributed by atoms with E-state index in [1.165, 1.54) is 11.6 Å². The van der Waals surface area contributed by atoms with Gasteiger partial charge in [0, 0.05) is 6.20 Å². The van der Waals surface area contributed by atoms with Crippen molar-refractivity contribution in [2.24, 2.45) is 10.2 Å². The van der Waals surface area contributed by atoms with Crippen LogP contribution in [0.2, 0.25) is 0 Å². The molecule has 0 aliphatic heterocycles. The lowest BCUT2D eigenvalue weighted by molar-refractivity contribution is -0.142. The summed E-state index contributed by atoms with van der Waals surface area (Å²) in [5, 5.41) is 18.5. The number of hydrogen-bond acceptors (Lipinski definition) is 6.